The van der Waals surface area contributed by atoms with Gasteiger partial charge in [0.05, 0.1) is 23.1 Å². The fourth-order valence-corrected chi connectivity index (χ4v) is 2.33. The number of nitrogens with two attached hydrogens (primary N) is 1. The van der Waals surface area contributed by atoms with Crippen LogP contribution in [0.4, 0.5) is 0 Å². The highest BCUT2D eigenvalue weighted by Crippen LogP contribution is 2.18. The van der Waals surface area contributed by atoms with Gasteiger partial charge in [-0.1, -0.05) is 22.9 Å². The van der Waals surface area contributed by atoms with Gasteiger partial charge in [-0.3, -0.25) is 4.79 Å². The summed E-state index contributed by atoms with van der Waals surface area (Å²) in [7, 11) is 0. The first-order valence-corrected chi connectivity index (χ1v) is 7.69. The van der Waals surface area contributed by atoms with Crippen molar-refractivity contribution in [3.8, 4) is 5.69 Å². The Morgan fingerprint density at radius 1 is 1.41 bits per heavy atom. The second-order valence-electron chi connectivity index (χ2n) is 4.86. The molecule has 2 rings (SSSR count). The second-order valence-corrected chi connectivity index (χ2v) is 5.77. The third-order valence-corrected chi connectivity index (χ3v) is 3.78. The van der Waals surface area contributed by atoms with E-state index >= 15 is 0 Å². The van der Waals surface area contributed by atoms with Crippen LogP contribution in [-0.2, 0) is 6.42 Å². The van der Waals surface area contributed by atoms with Crippen LogP contribution >= 0.6 is 28.3 Å². The Kier molecular flexibility index (Phi) is 7.06. The van der Waals surface area contributed by atoms with Gasteiger partial charge in [0.1, 0.15) is 0 Å². The van der Waals surface area contributed by atoms with Crippen LogP contribution in [0.2, 0.25) is 0 Å². The lowest BCUT2D eigenvalue weighted by molar-refractivity contribution is 0.0940. The van der Waals surface area contributed by atoms with Gasteiger partial charge >= 0.3 is 0 Å². The van der Waals surface area contributed by atoms with Crippen LogP contribution in [0.15, 0.2) is 34.9 Å². The predicted octanol–water partition coefficient (Wildman–Crippen LogP) is 2.70. The highest BCUT2D eigenvalue weighted by Gasteiger charge is 2.18. The molecule has 1 aromatic heterocycles. The maximum Gasteiger partial charge on any atom is 0.255 e. The van der Waals surface area contributed by atoms with E-state index in [1.54, 1.807) is 10.9 Å². The zero-order valence-electron chi connectivity index (χ0n) is 12.5. The van der Waals surface area contributed by atoms with E-state index in [4.69, 9.17) is 5.73 Å². The van der Waals surface area contributed by atoms with Gasteiger partial charge in [-0.25, -0.2) is 4.68 Å². The normalized spacial score (nSPS) is 11.6. The molecule has 0 radical (unpaired) electrons. The van der Waals surface area contributed by atoms with Gasteiger partial charge in [-0.15, -0.1) is 12.4 Å². The van der Waals surface area contributed by atoms with E-state index in [-0.39, 0.29) is 24.4 Å². The number of benzene rings is 1. The van der Waals surface area contributed by atoms with Crippen LogP contribution in [0.1, 0.15) is 29.9 Å². The van der Waals surface area contributed by atoms with Gasteiger partial charge in [-0.05, 0) is 37.6 Å². The third kappa shape index (κ3) is 4.09. The first-order valence-electron chi connectivity index (χ1n) is 6.90. The lowest BCUT2D eigenvalue weighted by Crippen LogP contribution is -2.38. The van der Waals surface area contributed by atoms with Gasteiger partial charge in [0.15, 0.2) is 0 Å². The zero-order chi connectivity index (χ0) is 15.4. The quantitative estimate of drug-likeness (QED) is 0.828. The SMILES string of the molecule is CCc1c(C(=O)N[C@@H](C)CN)cnn1-c1ccc(Br)cc1.Cl. The molecule has 1 atom stereocenters. The van der Waals surface area contributed by atoms with Gasteiger partial charge in [0.2, 0.25) is 0 Å². The molecular formula is C15H20BrClN4O. The summed E-state index contributed by atoms with van der Waals surface area (Å²) < 4.78 is 2.81. The Labute approximate surface area is 144 Å². The summed E-state index contributed by atoms with van der Waals surface area (Å²) in [6, 6.07) is 7.76. The van der Waals surface area contributed by atoms with Crippen LogP contribution < -0.4 is 11.1 Å². The zero-order valence-corrected chi connectivity index (χ0v) is 14.9. The third-order valence-electron chi connectivity index (χ3n) is 3.25. The van der Waals surface area contributed by atoms with Crippen LogP contribution in [0.25, 0.3) is 5.69 Å². The molecule has 0 spiro atoms. The average molecular weight is 388 g/mol. The largest absolute Gasteiger partial charge is 0.348 e. The number of aromatic nitrogens is 2. The Balaban J connectivity index is 0.00000242. The molecule has 1 aromatic carbocycles. The molecule has 0 aliphatic rings. The molecule has 0 saturated carbocycles. The second kappa shape index (κ2) is 8.31. The van der Waals surface area contributed by atoms with E-state index in [0.717, 1.165) is 22.3 Å². The molecule has 22 heavy (non-hydrogen) atoms. The van der Waals surface area contributed by atoms with Crippen LogP contribution in [-0.4, -0.2) is 28.3 Å². The summed E-state index contributed by atoms with van der Waals surface area (Å²) in [6.07, 6.45) is 2.33. The van der Waals surface area contributed by atoms with Gasteiger partial charge in [-0.2, -0.15) is 5.10 Å². The molecule has 3 N–H and O–H groups in total. The molecule has 0 bridgehead atoms. The summed E-state index contributed by atoms with van der Waals surface area (Å²) in [5, 5.41) is 7.22. The van der Waals surface area contributed by atoms with Gasteiger partial charge in [0, 0.05) is 17.1 Å². The number of nitrogens with one attached hydrogen (secondary N) is 1. The number of hydrogen-bond acceptors (Lipinski definition) is 3. The maximum absolute atomic E-state index is 12.3. The number of hydrogen-bond donors (Lipinski definition) is 2. The highest BCUT2D eigenvalue weighted by molar-refractivity contribution is 9.10. The highest BCUT2D eigenvalue weighted by atomic mass is 79.9. The smallest absolute Gasteiger partial charge is 0.255 e. The predicted molar refractivity (Wildman–Crippen MR) is 93.9 cm³/mol. The monoisotopic (exact) mass is 386 g/mol. The molecule has 0 aliphatic heterocycles. The van der Waals surface area contributed by atoms with Crippen molar-refractivity contribution in [1.29, 1.82) is 0 Å². The number of carbonyl (C=O) groups is 1. The molecule has 0 aliphatic carbocycles. The molecule has 0 unspecified atom stereocenters. The summed E-state index contributed by atoms with van der Waals surface area (Å²) in [5.74, 6) is -0.131. The number of carbonyl (C=O) groups excluding carboxylic acids is 1. The summed E-state index contributed by atoms with van der Waals surface area (Å²) in [5.41, 5.74) is 7.96. The van der Waals surface area contributed by atoms with Crippen LogP contribution in [0, 0.1) is 0 Å². The molecule has 0 fully saturated rings. The molecule has 1 heterocycles. The minimum atomic E-state index is -0.131. The van der Waals surface area contributed by atoms with Gasteiger partial charge < -0.3 is 11.1 Å². The van der Waals surface area contributed by atoms with E-state index in [1.165, 1.54) is 0 Å². The topological polar surface area (TPSA) is 72.9 Å². The standard InChI is InChI=1S/C15H19BrN4O.ClH/c1-3-14-13(15(21)19-10(2)8-17)9-18-20(14)12-6-4-11(16)5-7-12;/h4-7,9-10H,3,8,17H2,1-2H3,(H,19,21);1H/t10-;/m0./s1. The van der Waals surface area contributed by atoms with Crippen molar-refractivity contribution in [3.05, 3.63) is 46.2 Å². The van der Waals surface area contributed by atoms with Gasteiger partial charge in [0.25, 0.3) is 5.91 Å². The lowest BCUT2D eigenvalue weighted by Gasteiger charge is -2.12. The fraction of sp³-hybridized carbons (Fsp3) is 0.333. The van der Waals surface area contributed by atoms with E-state index in [1.807, 2.05) is 38.1 Å². The van der Waals surface area contributed by atoms with E-state index in [9.17, 15) is 4.79 Å². The fourth-order valence-electron chi connectivity index (χ4n) is 2.07. The average Bonchev–Trinajstić information content (AvgIpc) is 2.91. The molecule has 5 nitrogen and oxygen atoms in total. The summed E-state index contributed by atoms with van der Waals surface area (Å²) in [6.45, 7) is 4.30. The van der Waals surface area contributed by atoms with Crippen LogP contribution in [0.3, 0.4) is 0 Å². The number of nitrogens with zero attached hydrogens (tertiary/aromatic N) is 2. The van der Waals surface area contributed by atoms with Crippen molar-refractivity contribution in [3.63, 3.8) is 0 Å². The van der Waals surface area contributed by atoms with Crippen LogP contribution in [0.5, 0.6) is 0 Å². The Bertz CT molecular complexity index is 627. The maximum atomic E-state index is 12.3. The molecule has 120 valence electrons. The van der Waals surface area contributed by atoms with Crippen molar-refractivity contribution >= 4 is 34.2 Å². The van der Waals surface area contributed by atoms with Crippen molar-refractivity contribution in [2.24, 2.45) is 5.73 Å². The number of rotatable bonds is 5. The van der Waals surface area contributed by atoms with Crippen molar-refractivity contribution < 1.29 is 4.79 Å². The number of amides is 1. The van der Waals surface area contributed by atoms with E-state index in [2.05, 4.69) is 26.3 Å². The molecular weight excluding hydrogens is 368 g/mol. The van der Waals surface area contributed by atoms with Crippen molar-refractivity contribution in [2.75, 3.05) is 6.54 Å². The first-order chi connectivity index (χ1) is 10.1. The molecule has 7 heteroatoms. The van der Waals surface area contributed by atoms with Crippen molar-refractivity contribution in [2.45, 2.75) is 26.3 Å². The minimum Gasteiger partial charge on any atom is -0.348 e. The number of halogens is 2. The lowest BCUT2D eigenvalue weighted by atomic mass is 10.1. The van der Waals surface area contributed by atoms with E-state index in [0.29, 0.717) is 12.1 Å². The van der Waals surface area contributed by atoms with E-state index < -0.39 is 0 Å². The minimum absolute atomic E-state index is 0. The van der Waals surface area contributed by atoms with Crippen molar-refractivity contribution in [1.82, 2.24) is 15.1 Å². The molecule has 0 saturated heterocycles. The Morgan fingerprint density at radius 2 is 2.05 bits per heavy atom. The summed E-state index contributed by atoms with van der Waals surface area (Å²) >= 11 is 3.41. The molecule has 2 aromatic rings. The Hall–Kier alpha value is -1.37. The molecule has 1 amide bonds. The Morgan fingerprint density at radius 3 is 2.59 bits per heavy atom. The summed E-state index contributed by atoms with van der Waals surface area (Å²) in [4.78, 5) is 12.3. The first kappa shape index (κ1) is 18.7.